The number of halogens is 3. The van der Waals surface area contributed by atoms with Crippen molar-refractivity contribution < 1.29 is 17.9 Å². The highest BCUT2D eigenvalue weighted by molar-refractivity contribution is 5.68. The Morgan fingerprint density at radius 2 is 1.84 bits per heavy atom. The van der Waals surface area contributed by atoms with Gasteiger partial charge in [0.05, 0.1) is 5.69 Å². The Morgan fingerprint density at radius 3 is 2.53 bits per heavy atom. The summed E-state index contributed by atoms with van der Waals surface area (Å²) in [5.74, 6) is 0.777. The van der Waals surface area contributed by atoms with Crippen LogP contribution in [0.2, 0.25) is 0 Å². The summed E-state index contributed by atoms with van der Waals surface area (Å²) in [6.07, 6.45) is 4.44. The van der Waals surface area contributed by atoms with Crippen LogP contribution in [-0.2, 0) is 0 Å². The van der Waals surface area contributed by atoms with Crippen LogP contribution in [0.3, 0.4) is 0 Å². The fraction of sp³-hybridized carbons (Fsp3) is 0.348. The van der Waals surface area contributed by atoms with E-state index < -0.39 is 6.36 Å². The number of aryl methyl sites for hydroxylation is 1. The molecule has 0 unspecified atom stereocenters. The van der Waals surface area contributed by atoms with Gasteiger partial charge in [-0.1, -0.05) is 19.3 Å². The third-order valence-corrected chi connectivity index (χ3v) is 5.32. The quantitative estimate of drug-likeness (QED) is 0.470. The van der Waals surface area contributed by atoms with E-state index in [9.17, 15) is 13.2 Å². The van der Waals surface area contributed by atoms with E-state index in [2.05, 4.69) is 30.3 Å². The Morgan fingerprint density at radius 1 is 1.03 bits per heavy atom. The van der Waals surface area contributed by atoms with Gasteiger partial charge >= 0.3 is 6.36 Å². The number of pyridine rings is 1. The number of nitrogens with zero attached hydrogens (tertiary/aromatic N) is 3. The first-order valence-electron chi connectivity index (χ1n) is 10.6. The lowest BCUT2D eigenvalue weighted by Gasteiger charge is -2.23. The van der Waals surface area contributed by atoms with Crippen molar-refractivity contribution >= 4 is 17.5 Å². The van der Waals surface area contributed by atoms with Gasteiger partial charge in [-0.3, -0.25) is 4.98 Å². The molecule has 168 valence electrons. The Balaban J connectivity index is 1.61. The van der Waals surface area contributed by atoms with Crippen LogP contribution in [0.5, 0.6) is 5.75 Å². The summed E-state index contributed by atoms with van der Waals surface area (Å²) in [5.41, 5.74) is 2.76. The lowest BCUT2D eigenvalue weighted by molar-refractivity contribution is -0.274. The van der Waals surface area contributed by atoms with Gasteiger partial charge in [0.15, 0.2) is 0 Å². The Labute approximate surface area is 184 Å². The molecular formula is C23H24F3N5O. The molecule has 9 heteroatoms. The number of aromatic nitrogens is 3. The molecule has 0 aliphatic heterocycles. The number of ether oxygens (including phenoxy) is 1. The number of alkyl halides is 3. The van der Waals surface area contributed by atoms with E-state index in [1.807, 2.05) is 12.1 Å². The second-order valence-corrected chi connectivity index (χ2v) is 7.83. The lowest BCUT2D eigenvalue weighted by atomic mass is 9.96. The minimum atomic E-state index is -4.73. The molecular weight excluding hydrogens is 419 g/mol. The normalized spacial score (nSPS) is 14.8. The summed E-state index contributed by atoms with van der Waals surface area (Å²) >= 11 is 0. The molecule has 2 N–H and O–H groups in total. The van der Waals surface area contributed by atoms with Gasteiger partial charge < -0.3 is 15.4 Å². The van der Waals surface area contributed by atoms with Gasteiger partial charge in [0, 0.05) is 35.8 Å². The van der Waals surface area contributed by atoms with Gasteiger partial charge in [0.2, 0.25) is 5.95 Å². The van der Waals surface area contributed by atoms with E-state index >= 15 is 0 Å². The second kappa shape index (κ2) is 9.42. The van der Waals surface area contributed by atoms with Crippen molar-refractivity contribution in [3.8, 4) is 17.0 Å². The maximum absolute atomic E-state index is 12.5. The first kappa shape index (κ1) is 21.9. The van der Waals surface area contributed by atoms with Crippen LogP contribution in [-0.4, -0.2) is 27.4 Å². The van der Waals surface area contributed by atoms with Gasteiger partial charge in [-0.15, -0.1) is 13.2 Å². The summed E-state index contributed by atoms with van der Waals surface area (Å²) < 4.78 is 41.5. The molecule has 2 heterocycles. The van der Waals surface area contributed by atoms with E-state index in [1.165, 1.54) is 37.5 Å². The zero-order chi connectivity index (χ0) is 22.6. The van der Waals surface area contributed by atoms with Crippen LogP contribution in [0.15, 0.2) is 48.8 Å². The molecule has 4 rings (SSSR count). The molecule has 1 fully saturated rings. The van der Waals surface area contributed by atoms with Crippen LogP contribution < -0.4 is 15.4 Å². The smallest absolute Gasteiger partial charge is 0.406 e. The Bertz CT molecular complexity index is 1050. The molecule has 0 bridgehead atoms. The minimum absolute atomic E-state index is 0.265. The van der Waals surface area contributed by atoms with Crippen molar-refractivity contribution in [3.63, 3.8) is 0 Å². The zero-order valence-electron chi connectivity index (χ0n) is 17.6. The van der Waals surface area contributed by atoms with Crippen molar-refractivity contribution in [2.45, 2.75) is 51.4 Å². The van der Waals surface area contributed by atoms with Crippen molar-refractivity contribution in [2.75, 3.05) is 10.6 Å². The number of anilines is 3. The second-order valence-electron chi connectivity index (χ2n) is 7.83. The number of hydrogen-bond donors (Lipinski definition) is 2. The van der Waals surface area contributed by atoms with Crippen LogP contribution in [0.1, 0.15) is 37.7 Å². The highest BCUT2D eigenvalue weighted by Crippen LogP contribution is 2.30. The van der Waals surface area contributed by atoms with Crippen molar-refractivity contribution in [3.05, 3.63) is 54.4 Å². The number of nitrogens with one attached hydrogen (secondary N) is 2. The molecule has 1 saturated carbocycles. The Hall–Kier alpha value is -3.36. The van der Waals surface area contributed by atoms with Gasteiger partial charge in [-0.2, -0.15) is 4.98 Å². The summed E-state index contributed by atoms with van der Waals surface area (Å²) in [7, 11) is 0. The molecule has 0 spiro atoms. The molecule has 0 amide bonds. The number of benzene rings is 1. The lowest BCUT2D eigenvalue weighted by Crippen LogP contribution is -2.23. The molecule has 1 aromatic carbocycles. The third-order valence-electron chi connectivity index (χ3n) is 5.32. The highest BCUT2D eigenvalue weighted by atomic mass is 19.4. The fourth-order valence-electron chi connectivity index (χ4n) is 3.78. The van der Waals surface area contributed by atoms with E-state index in [0.717, 1.165) is 18.4 Å². The van der Waals surface area contributed by atoms with Crippen molar-refractivity contribution in [1.29, 1.82) is 0 Å². The average molecular weight is 443 g/mol. The molecule has 1 aliphatic carbocycles. The molecule has 3 aromatic rings. The molecule has 6 nitrogen and oxygen atoms in total. The van der Waals surface area contributed by atoms with Gasteiger partial charge in [0.25, 0.3) is 0 Å². The monoisotopic (exact) mass is 443 g/mol. The zero-order valence-corrected chi connectivity index (χ0v) is 17.6. The predicted molar refractivity (Wildman–Crippen MR) is 117 cm³/mol. The van der Waals surface area contributed by atoms with E-state index in [-0.39, 0.29) is 5.75 Å². The van der Waals surface area contributed by atoms with Crippen LogP contribution in [0.25, 0.3) is 11.3 Å². The summed E-state index contributed by atoms with van der Waals surface area (Å²) in [6, 6.07) is 10.0. The van der Waals surface area contributed by atoms with Crippen LogP contribution in [0.4, 0.5) is 30.6 Å². The molecule has 0 saturated heterocycles. The molecule has 32 heavy (non-hydrogen) atoms. The largest absolute Gasteiger partial charge is 0.573 e. The topological polar surface area (TPSA) is 72.0 Å². The molecule has 1 aliphatic rings. The first-order valence-corrected chi connectivity index (χ1v) is 10.6. The molecule has 2 aromatic heterocycles. The Kier molecular flexibility index (Phi) is 6.43. The molecule has 0 radical (unpaired) electrons. The third kappa shape index (κ3) is 5.87. The van der Waals surface area contributed by atoms with Crippen molar-refractivity contribution in [2.24, 2.45) is 0 Å². The van der Waals surface area contributed by atoms with Crippen LogP contribution in [0, 0.1) is 6.92 Å². The minimum Gasteiger partial charge on any atom is -0.406 e. The summed E-state index contributed by atoms with van der Waals surface area (Å²) in [6.45, 7) is 1.70. The standard InChI is InChI=1S/C23H24F3N5O/c1-15-12-18(32-23(24,25)26)9-10-19(15)29-21-13-20(16-6-5-11-27-14-16)30-22(31-21)28-17-7-3-2-4-8-17/h5-6,9-14,17H,2-4,7-8H2,1H3,(H2,28,29,30,31). The fourth-order valence-corrected chi connectivity index (χ4v) is 3.78. The van der Waals surface area contributed by atoms with Crippen molar-refractivity contribution in [1.82, 2.24) is 15.0 Å². The predicted octanol–water partition coefficient (Wildman–Crippen LogP) is 6.23. The van der Waals surface area contributed by atoms with Gasteiger partial charge in [-0.25, -0.2) is 4.98 Å². The van der Waals surface area contributed by atoms with E-state index in [4.69, 9.17) is 0 Å². The summed E-state index contributed by atoms with van der Waals surface area (Å²) in [4.78, 5) is 13.4. The first-order chi connectivity index (χ1) is 15.4. The number of rotatable bonds is 6. The SMILES string of the molecule is Cc1cc(OC(F)(F)F)ccc1Nc1cc(-c2cccnc2)nc(NC2CCCCC2)n1. The van der Waals surface area contributed by atoms with Gasteiger partial charge in [0.1, 0.15) is 11.6 Å². The summed E-state index contributed by atoms with van der Waals surface area (Å²) in [5, 5.41) is 6.64. The van der Waals surface area contributed by atoms with Gasteiger partial charge in [-0.05, 0) is 55.7 Å². The van der Waals surface area contributed by atoms with E-state index in [1.54, 1.807) is 25.4 Å². The highest BCUT2D eigenvalue weighted by Gasteiger charge is 2.31. The van der Waals surface area contributed by atoms with E-state index in [0.29, 0.717) is 34.8 Å². The number of hydrogen-bond acceptors (Lipinski definition) is 6. The van der Waals surface area contributed by atoms with Crippen LogP contribution >= 0.6 is 0 Å². The maximum Gasteiger partial charge on any atom is 0.573 e. The maximum atomic E-state index is 12.5. The molecule has 0 atom stereocenters. The average Bonchev–Trinajstić information content (AvgIpc) is 2.76.